The van der Waals surface area contributed by atoms with Crippen LogP contribution in [0.3, 0.4) is 0 Å². The minimum atomic E-state index is -0.333. The van der Waals surface area contributed by atoms with Crippen LogP contribution in [0.1, 0.15) is 18.5 Å². The fourth-order valence-electron chi connectivity index (χ4n) is 1.97. The normalized spacial score (nSPS) is 18.7. The van der Waals surface area contributed by atoms with Crippen LogP contribution < -0.4 is 10.6 Å². The number of carbonyl (C=O) groups is 2. The molecule has 8 heteroatoms. The molecule has 0 bridgehead atoms. The zero-order valence-corrected chi connectivity index (χ0v) is 10.5. The summed E-state index contributed by atoms with van der Waals surface area (Å²) in [6.07, 6.45) is 4.18. The van der Waals surface area contributed by atoms with Gasteiger partial charge in [-0.05, 0) is 12.8 Å². The Morgan fingerprint density at radius 2 is 2.37 bits per heavy atom. The van der Waals surface area contributed by atoms with Crippen molar-refractivity contribution in [1.82, 2.24) is 30.5 Å². The second-order valence-corrected chi connectivity index (χ2v) is 4.84. The zero-order valence-electron chi connectivity index (χ0n) is 10.5. The lowest BCUT2D eigenvalue weighted by molar-refractivity contribution is -0.128. The van der Waals surface area contributed by atoms with E-state index in [1.807, 2.05) is 0 Å². The Hall–Kier alpha value is -1.96. The van der Waals surface area contributed by atoms with E-state index >= 15 is 0 Å². The van der Waals surface area contributed by atoms with Gasteiger partial charge in [0, 0.05) is 25.7 Å². The van der Waals surface area contributed by atoms with Gasteiger partial charge in [-0.25, -0.2) is 9.48 Å². The van der Waals surface area contributed by atoms with Gasteiger partial charge in [-0.2, -0.15) is 0 Å². The second kappa shape index (κ2) is 4.96. The van der Waals surface area contributed by atoms with E-state index in [0.717, 1.165) is 5.69 Å². The van der Waals surface area contributed by atoms with Crippen LogP contribution in [0.4, 0.5) is 4.79 Å². The zero-order chi connectivity index (χ0) is 13.2. The molecule has 1 aromatic rings. The van der Waals surface area contributed by atoms with Crippen molar-refractivity contribution in [2.75, 3.05) is 13.1 Å². The quantitative estimate of drug-likeness (QED) is 0.717. The van der Waals surface area contributed by atoms with Crippen LogP contribution in [-0.4, -0.2) is 51.0 Å². The van der Waals surface area contributed by atoms with E-state index in [2.05, 4.69) is 20.9 Å². The maximum Gasteiger partial charge on any atom is 0.324 e. The highest BCUT2D eigenvalue weighted by Gasteiger charge is 2.26. The molecule has 2 heterocycles. The summed E-state index contributed by atoms with van der Waals surface area (Å²) in [5.41, 5.74) is 0.811. The maximum absolute atomic E-state index is 11.9. The summed E-state index contributed by atoms with van der Waals surface area (Å²) in [6, 6.07) is 0.279. The van der Waals surface area contributed by atoms with Crippen LogP contribution in [0, 0.1) is 0 Å². The van der Waals surface area contributed by atoms with Crippen LogP contribution in [0.15, 0.2) is 6.20 Å². The molecule has 1 aromatic heterocycles. The molecule has 2 aliphatic rings. The molecule has 1 aliphatic carbocycles. The Labute approximate surface area is 110 Å². The third kappa shape index (κ3) is 2.90. The van der Waals surface area contributed by atoms with E-state index in [9.17, 15) is 9.59 Å². The number of rotatable bonds is 5. The first-order chi connectivity index (χ1) is 9.22. The Morgan fingerprint density at radius 3 is 3.05 bits per heavy atom. The van der Waals surface area contributed by atoms with Crippen molar-refractivity contribution < 1.29 is 9.59 Å². The molecule has 0 radical (unpaired) electrons. The Morgan fingerprint density at radius 1 is 1.53 bits per heavy atom. The largest absolute Gasteiger partial charge is 0.336 e. The molecule has 1 saturated heterocycles. The Balaban J connectivity index is 1.53. The Kier molecular flexibility index (Phi) is 3.16. The topological polar surface area (TPSA) is 92.2 Å². The summed E-state index contributed by atoms with van der Waals surface area (Å²) >= 11 is 0. The van der Waals surface area contributed by atoms with Gasteiger partial charge in [0.15, 0.2) is 0 Å². The monoisotopic (exact) mass is 264 g/mol. The maximum atomic E-state index is 11.9. The third-order valence-electron chi connectivity index (χ3n) is 3.19. The number of nitrogens with one attached hydrogen (secondary N) is 2. The first-order valence-electron chi connectivity index (χ1n) is 6.43. The molecule has 0 aromatic carbocycles. The molecule has 3 amide bonds. The van der Waals surface area contributed by atoms with E-state index in [1.54, 1.807) is 6.20 Å². The smallest absolute Gasteiger partial charge is 0.324 e. The summed E-state index contributed by atoms with van der Waals surface area (Å²) in [6.45, 7) is 1.65. The van der Waals surface area contributed by atoms with Crippen molar-refractivity contribution in [1.29, 1.82) is 0 Å². The number of nitrogens with zero attached hydrogens (tertiary/aromatic N) is 4. The number of aromatic nitrogens is 3. The van der Waals surface area contributed by atoms with Crippen LogP contribution in [0.2, 0.25) is 0 Å². The SMILES string of the molecule is O=C(Cn1cc(CNC2CC2)nn1)N1CCNC1=O. The minimum Gasteiger partial charge on any atom is -0.336 e. The van der Waals surface area contributed by atoms with E-state index < -0.39 is 0 Å². The number of hydrogen-bond acceptors (Lipinski definition) is 5. The predicted octanol–water partition coefficient (Wildman–Crippen LogP) is -0.918. The predicted molar refractivity (Wildman–Crippen MR) is 65.0 cm³/mol. The molecule has 2 fully saturated rings. The molecular weight excluding hydrogens is 248 g/mol. The number of hydrogen-bond donors (Lipinski definition) is 2. The van der Waals surface area contributed by atoms with Gasteiger partial charge in [0.05, 0.1) is 11.9 Å². The number of urea groups is 1. The van der Waals surface area contributed by atoms with E-state index in [0.29, 0.717) is 25.7 Å². The van der Waals surface area contributed by atoms with Crippen molar-refractivity contribution in [2.24, 2.45) is 0 Å². The van der Waals surface area contributed by atoms with Gasteiger partial charge >= 0.3 is 6.03 Å². The highest BCUT2D eigenvalue weighted by Crippen LogP contribution is 2.18. The van der Waals surface area contributed by atoms with Crippen molar-refractivity contribution in [3.05, 3.63) is 11.9 Å². The number of carbonyl (C=O) groups excluding carboxylic acids is 2. The van der Waals surface area contributed by atoms with E-state index in [4.69, 9.17) is 0 Å². The van der Waals surface area contributed by atoms with Crippen molar-refractivity contribution in [3.63, 3.8) is 0 Å². The average Bonchev–Trinajstić information content (AvgIpc) is 2.95. The third-order valence-corrected chi connectivity index (χ3v) is 3.19. The van der Waals surface area contributed by atoms with E-state index in [-0.39, 0.29) is 18.5 Å². The van der Waals surface area contributed by atoms with Crippen molar-refractivity contribution in [2.45, 2.75) is 32.0 Å². The molecule has 1 aliphatic heterocycles. The molecule has 2 N–H and O–H groups in total. The molecule has 19 heavy (non-hydrogen) atoms. The van der Waals surface area contributed by atoms with Crippen molar-refractivity contribution >= 4 is 11.9 Å². The highest BCUT2D eigenvalue weighted by atomic mass is 16.2. The summed E-state index contributed by atoms with van der Waals surface area (Å²) < 4.78 is 1.47. The molecule has 0 atom stereocenters. The molecule has 0 spiro atoms. The van der Waals surface area contributed by atoms with Gasteiger partial charge in [0.2, 0.25) is 0 Å². The molecular formula is C11H16N6O2. The minimum absolute atomic E-state index is 0.0455. The average molecular weight is 264 g/mol. The van der Waals surface area contributed by atoms with Crippen LogP contribution in [0.5, 0.6) is 0 Å². The number of imide groups is 1. The summed E-state index contributed by atoms with van der Waals surface area (Å²) in [5, 5.41) is 13.8. The Bertz CT molecular complexity index is 495. The summed E-state index contributed by atoms with van der Waals surface area (Å²) in [4.78, 5) is 24.4. The summed E-state index contributed by atoms with van der Waals surface area (Å²) in [5.74, 6) is -0.262. The molecule has 1 saturated carbocycles. The lowest BCUT2D eigenvalue weighted by atomic mass is 10.4. The standard InChI is InChI=1S/C11H16N6O2/c18-10(17-4-3-12-11(17)19)7-16-6-9(14-15-16)5-13-8-1-2-8/h6,8,13H,1-5,7H2,(H,12,19). The van der Waals surface area contributed by atoms with Crippen LogP contribution >= 0.6 is 0 Å². The summed E-state index contributed by atoms with van der Waals surface area (Å²) in [7, 11) is 0. The molecule has 8 nitrogen and oxygen atoms in total. The highest BCUT2D eigenvalue weighted by molar-refractivity contribution is 5.95. The van der Waals surface area contributed by atoms with Gasteiger partial charge < -0.3 is 10.6 Å². The van der Waals surface area contributed by atoms with Gasteiger partial charge in [0.25, 0.3) is 5.91 Å². The second-order valence-electron chi connectivity index (χ2n) is 4.84. The van der Waals surface area contributed by atoms with Gasteiger partial charge in [-0.15, -0.1) is 5.10 Å². The van der Waals surface area contributed by atoms with Gasteiger partial charge in [0.1, 0.15) is 6.54 Å². The van der Waals surface area contributed by atoms with Crippen LogP contribution in [-0.2, 0) is 17.9 Å². The molecule has 3 rings (SSSR count). The molecule has 0 unspecified atom stereocenters. The van der Waals surface area contributed by atoms with Gasteiger partial charge in [-0.1, -0.05) is 5.21 Å². The lowest BCUT2D eigenvalue weighted by Gasteiger charge is -2.11. The van der Waals surface area contributed by atoms with E-state index in [1.165, 1.54) is 22.4 Å². The van der Waals surface area contributed by atoms with Crippen molar-refractivity contribution in [3.8, 4) is 0 Å². The van der Waals surface area contributed by atoms with Crippen LogP contribution in [0.25, 0.3) is 0 Å². The first-order valence-corrected chi connectivity index (χ1v) is 6.43. The molecule has 102 valence electrons. The first kappa shape index (κ1) is 12.1. The van der Waals surface area contributed by atoms with Gasteiger partial charge in [-0.3, -0.25) is 9.69 Å². The number of amides is 3. The fraction of sp³-hybridized carbons (Fsp3) is 0.636. The fourth-order valence-corrected chi connectivity index (χ4v) is 1.97. The lowest BCUT2D eigenvalue weighted by Crippen LogP contribution is -2.36.